The number of halogens is 1. The number of benzene rings is 1. The van der Waals surface area contributed by atoms with Crippen LogP contribution in [-0.4, -0.2) is 80.2 Å². The first-order valence-electron chi connectivity index (χ1n) is 14.3. The monoisotopic (exact) mass is 603 g/mol. The third-order valence-electron chi connectivity index (χ3n) is 7.99. The van der Waals surface area contributed by atoms with Crippen LogP contribution in [0.15, 0.2) is 73.8 Å². The zero-order valence-corrected chi connectivity index (χ0v) is 24.8. The maximum Gasteiger partial charge on any atom is 0.224 e. The number of nitrogens with zero attached hydrogens (tertiary/aromatic N) is 6. The predicted molar refractivity (Wildman–Crippen MR) is 167 cm³/mol. The molecule has 10 nitrogen and oxygen atoms in total. The number of rotatable bonds is 8. The minimum Gasteiger partial charge on any atom is -0.378 e. The van der Waals surface area contributed by atoms with E-state index in [1.165, 1.54) is 16.4 Å². The predicted octanol–water partition coefficient (Wildman–Crippen LogP) is 4.43. The van der Waals surface area contributed by atoms with E-state index in [1.54, 1.807) is 42.9 Å². The molecule has 2 aliphatic heterocycles. The molecular formula is C31H34FN7O3S. The highest BCUT2D eigenvalue weighted by Crippen LogP contribution is 2.37. The van der Waals surface area contributed by atoms with Gasteiger partial charge in [0.2, 0.25) is 10.0 Å². The number of morpholine rings is 1. The van der Waals surface area contributed by atoms with Crippen molar-refractivity contribution in [2.24, 2.45) is 0 Å². The van der Waals surface area contributed by atoms with Gasteiger partial charge in [-0.3, -0.25) is 9.97 Å². The molecule has 1 atom stereocenters. The number of pyridine rings is 3. The summed E-state index contributed by atoms with van der Waals surface area (Å²) in [5.74, 6) is 0.309. The van der Waals surface area contributed by atoms with Gasteiger partial charge in [0.15, 0.2) is 0 Å². The zero-order chi connectivity index (χ0) is 30.0. The van der Waals surface area contributed by atoms with Crippen molar-refractivity contribution in [3.05, 3.63) is 90.8 Å². The van der Waals surface area contributed by atoms with E-state index in [-0.39, 0.29) is 18.9 Å². The fourth-order valence-electron chi connectivity index (χ4n) is 5.74. The van der Waals surface area contributed by atoms with Gasteiger partial charge >= 0.3 is 0 Å². The van der Waals surface area contributed by atoms with E-state index in [0.717, 1.165) is 30.0 Å². The number of hydrogen-bond donors (Lipinski definition) is 1. The van der Waals surface area contributed by atoms with Gasteiger partial charge in [-0.1, -0.05) is 18.2 Å². The highest BCUT2D eigenvalue weighted by atomic mass is 32.2. The van der Waals surface area contributed by atoms with Crippen molar-refractivity contribution >= 4 is 43.8 Å². The third kappa shape index (κ3) is 5.77. The summed E-state index contributed by atoms with van der Waals surface area (Å²) in [5, 5.41) is 2.95. The fraction of sp³-hybridized carbons (Fsp3) is 0.323. The molecule has 0 radical (unpaired) electrons. The zero-order valence-electron chi connectivity index (χ0n) is 24.0. The van der Waals surface area contributed by atoms with Crippen LogP contribution in [0.2, 0.25) is 0 Å². The van der Waals surface area contributed by atoms with Crippen LogP contribution >= 0.6 is 0 Å². The van der Waals surface area contributed by atoms with Crippen LogP contribution in [0.1, 0.15) is 16.4 Å². The van der Waals surface area contributed by atoms with Crippen LogP contribution in [0.4, 0.5) is 27.3 Å². The van der Waals surface area contributed by atoms with E-state index in [9.17, 15) is 8.42 Å². The van der Waals surface area contributed by atoms with E-state index < -0.39 is 15.3 Å². The largest absolute Gasteiger partial charge is 0.378 e. The molecule has 0 aliphatic carbocycles. The summed E-state index contributed by atoms with van der Waals surface area (Å²) in [6.45, 7) is 9.98. The fourth-order valence-corrected chi connectivity index (χ4v) is 7.46. The first-order valence-corrected chi connectivity index (χ1v) is 15.8. The lowest BCUT2D eigenvalue weighted by atomic mass is 10.1. The molecule has 2 aliphatic rings. The Morgan fingerprint density at radius 1 is 1.00 bits per heavy atom. The summed E-state index contributed by atoms with van der Waals surface area (Å²) in [5.41, 5.74) is 4.17. The number of piperazine rings is 1. The van der Waals surface area contributed by atoms with Crippen molar-refractivity contribution in [1.29, 1.82) is 0 Å². The summed E-state index contributed by atoms with van der Waals surface area (Å²) in [7, 11) is -3.70. The Kier molecular flexibility index (Phi) is 8.24. The number of fused-ring (bicyclic) bond motifs is 1. The minimum atomic E-state index is -3.70. The molecular weight excluding hydrogens is 569 g/mol. The van der Waals surface area contributed by atoms with Gasteiger partial charge in [0.1, 0.15) is 16.9 Å². The number of anilines is 4. The van der Waals surface area contributed by atoms with Crippen LogP contribution in [0.25, 0.3) is 10.9 Å². The lowest BCUT2D eigenvalue weighted by Gasteiger charge is -2.37. The normalized spacial score (nSPS) is 17.2. The second-order valence-electron chi connectivity index (χ2n) is 10.6. The molecule has 12 heteroatoms. The average Bonchev–Trinajstić information content (AvgIpc) is 3.04. The molecule has 1 N–H and O–H groups in total. The SMILES string of the molecule is C=CC(c1cccnc1)S(=O)(=O)N1CCN(c2nc3cccc(F)c3c(Nc3cncc(N4CCOCC4)c3)c2C)CC1. The van der Waals surface area contributed by atoms with Crippen molar-refractivity contribution < 1.29 is 17.5 Å². The maximum atomic E-state index is 15.3. The first-order chi connectivity index (χ1) is 20.9. The smallest absolute Gasteiger partial charge is 0.224 e. The Hall–Kier alpha value is -4.13. The van der Waals surface area contributed by atoms with Crippen LogP contribution in [0.5, 0.6) is 0 Å². The Balaban J connectivity index is 1.28. The molecule has 1 unspecified atom stereocenters. The topological polar surface area (TPSA) is 104 Å². The third-order valence-corrected chi connectivity index (χ3v) is 10.2. The van der Waals surface area contributed by atoms with Gasteiger partial charge in [0, 0.05) is 57.2 Å². The van der Waals surface area contributed by atoms with E-state index in [4.69, 9.17) is 9.72 Å². The summed E-state index contributed by atoms with van der Waals surface area (Å²) < 4.78 is 49.4. The van der Waals surface area contributed by atoms with Crippen LogP contribution < -0.4 is 15.1 Å². The van der Waals surface area contributed by atoms with Gasteiger partial charge in [-0.2, -0.15) is 4.31 Å². The number of aromatic nitrogens is 3. The average molecular weight is 604 g/mol. The van der Waals surface area contributed by atoms with E-state index >= 15 is 4.39 Å². The standard InChI is InChI=1S/C31H34FN7O3S/c1-3-28(23-6-5-9-33-19-23)43(40,41)39-12-10-38(11-13-39)31-22(2)30(29-26(32)7-4-8-27(29)36-31)35-24-18-25(21-34-20-24)37-14-16-42-17-15-37/h3-9,18-21,28H,1,10-17H2,2H3,(H,35,36). The quantitative estimate of drug-likeness (QED) is 0.293. The Bertz CT molecular complexity index is 1720. The van der Waals surface area contributed by atoms with Gasteiger partial charge in [-0.15, -0.1) is 6.58 Å². The molecule has 2 saturated heterocycles. The number of nitrogens with one attached hydrogen (secondary N) is 1. The van der Waals surface area contributed by atoms with Crippen molar-refractivity contribution in [2.75, 3.05) is 67.6 Å². The van der Waals surface area contributed by atoms with Gasteiger partial charge in [0.05, 0.1) is 53.6 Å². The lowest BCUT2D eigenvalue weighted by Crippen LogP contribution is -2.50. The molecule has 3 aromatic heterocycles. The second kappa shape index (κ2) is 12.2. The van der Waals surface area contributed by atoms with Gasteiger partial charge < -0.3 is 19.9 Å². The maximum absolute atomic E-state index is 15.3. The Morgan fingerprint density at radius 3 is 2.51 bits per heavy atom. The van der Waals surface area contributed by atoms with Crippen LogP contribution in [0.3, 0.4) is 0 Å². The number of hydrogen-bond acceptors (Lipinski definition) is 9. The number of ether oxygens (including phenoxy) is 1. The van der Waals surface area contributed by atoms with Crippen molar-refractivity contribution in [3.63, 3.8) is 0 Å². The summed E-state index contributed by atoms with van der Waals surface area (Å²) in [6.07, 6.45) is 8.16. The van der Waals surface area contributed by atoms with E-state index in [2.05, 4.69) is 31.7 Å². The van der Waals surface area contributed by atoms with Gasteiger partial charge in [-0.25, -0.2) is 17.8 Å². The molecule has 43 heavy (non-hydrogen) atoms. The molecule has 0 amide bonds. The minimum absolute atomic E-state index is 0.281. The van der Waals surface area contributed by atoms with Crippen molar-refractivity contribution in [2.45, 2.75) is 12.2 Å². The highest BCUT2D eigenvalue weighted by molar-refractivity contribution is 7.89. The lowest BCUT2D eigenvalue weighted by molar-refractivity contribution is 0.122. The summed E-state index contributed by atoms with van der Waals surface area (Å²) >= 11 is 0. The summed E-state index contributed by atoms with van der Waals surface area (Å²) in [6, 6.07) is 10.3. The molecule has 224 valence electrons. The molecule has 0 saturated carbocycles. The molecule has 0 bridgehead atoms. The van der Waals surface area contributed by atoms with Crippen LogP contribution in [-0.2, 0) is 14.8 Å². The molecule has 6 rings (SSSR count). The van der Waals surface area contributed by atoms with E-state index in [1.807, 2.05) is 19.2 Å². The summed E-state index contributed by atoms with van der Waals surface area (Å²) in [4.78, 5) is 17.6. The van der Waals surface area contributed by atoms with Gasteiger partial charge in [0.25, 0.3) is 0 Å². The molecule has 5 heterocycles. The number of sulfonamides is 1. The van der Waals surface area contributed by atoms with Crippen molar-refractivity contribution in [1.82, 2.24) is 19.3 Å². The molecule has 4 aromatic rings. The Morgan fingerprint density at radius 2 is 1.79 bits per heavy atom. The van der Waals surface area contributed by atoms with E-state index in [0.29, 0.717) is 54.3 Å². The Labute approximate surface area is 250 Å². The molecule has 2 fully saturated rings. The van der Waals surface area contributed by atoms with Crippen LogP contribution in [0, 0.1) is 12.7 Å². The first kappa shape index (κ1) is 29.0. The molecule has 0 spiro atoms. The molecule has 1 aromatic carbocycles. The van der Waals surface area contributed by atoms with Gasteiger partial charge in [-0.05, 0) is 36.8 Å². The highest BCUT2D eigenvalue weighted by Gasteiger charge is 2.34. The second-order valence-corrected chi connectivity index (χ2v) is 12.7. The van der Waals surface area contributed by atoms with Crippen molar-refractivity contribution in [3.8, 4) is 0 Å².